The molecule has 0 saturated heterocycles. The van der Waals surface area contributed by atoms with Crippen molar-refractivity contribution in [3.05, 3.63) is 98.5 Å². The van der Waals surface area contributed by atoms with Gasteiger partial charge in [0, 0.05) is 23.9 Å². The monoisotopic (exact) mass is 404 g/mol. The van der Waals surface area contributed by atoms with Gasteiger partial charge in [-0.25, -0.2) is 0 Å². The number of nitriles is 1. The molecule has 0 aliphatic heterocycles. The molecule has 0 spiro atoms. The van der Waals surface area contributed by atoms with Crippen LogP contribution in [0.2, 0.25) is 0 Å². The van der Waals surface area contributed by atoms with Gasteiger partial charge in [-0.05, 0) is 29.8 Å². The van der Waals surface area contributed by atoms with E-state index in [1.807, 2.05) is 6.07 Å². The summed E-state index contributed by atoms with van der Waals surface area (Å²) < 4.78 is 6.67. The topological polar surface area (TPSA) is 127 Å². The van der Waals surface area contributed by atoms with E-state index in [0.29, 0.717) is 17.0 Å². The number of hydrogen-bond acceptors (Lipinski definition) is 6. The van der Waals surface area contributed by atoms with E-state index in [1.54, 1.807) is 42.5 Å². The molecule has 30 heavy (non-hydrogen) atoms. The molecule has 9 nitrogen and oxygen atoms in total. The number of rotatable bonds is 7. The summed E-state index contributed by atoms with van der Waals surface area (Å²) in [6, 6.07) is 17.9. The second kappa shape index (κ2) is 9.16. The molecule has 2 aromatic carbocycles. The summed E-state index contributed by atoms with van der Waals surface area (Å²) in [5.41, 5.74) is 1.01. The van der Waals surface area contributed by atoms with E-state index in [9.17, 15) is 19.7 Å². The molecule has 0 unspecified atom stereocenters. The number of nitrogens with zero attached hydrogens (tertiary/aromatic N) is 3. The number of pyridine rings is 1. The lowest BCUT2D eigenvalue weighted by Crippen LogP contribution is -2.26. The SMILES string of the molecule is N#Cc1cccc(COc2cccc(NC(=O)Cn3cc([N+](=O)[O-])ccc3=O)c2)c1. The number of nitrogens with one attached hydrogen (secondary N) is 1. The molecule has 3 rings (SSSR count). The third-order valence-corrected chi connectivity index (χ3v) is 4.07. The second-order valence-corrected chi connectivity index (χ2v) is 6.29. The predicted molar refractivity (Wildman–Crippen MR) is 108 cm³/mol. The van der Waals surface area contributed by atoms with Crippen LogP contribution in [0.25, 0.3) is 0 Å². The predicted octanol–water partition coefficient (Wildman–Crippen LogP) is 2.85. The Morgan fingerprint density at radius 1 is 1.17 bits per heavy atom. The van der Waals surface area contributed by atoms with Gasteiger partial charge in [-0.1, -0.05) is 18.2 Å². The number of ether oxygens (including phenoxy) is 1. The van der Waals surface area contributed by atoms with E-state index < -0.39 is 16.4 Å². The smallest absolute Gasteiger partial charge is 0.285 e. The summed E-state index contributed by atoms with van der Waals surface area (Å²) in [5, 5.41) is 22.4. The average Bonchev–Trinajstić information content (AvgIpc) is 2.74. The maximum Gasteiger partial charge on any atom is 0.285 e. The van der Waals surface area contributed by atoms with Gasteiger partial charge in [0.05, 0.1) is 22.8 Å². The fourth-order valence-electron chi connectivity index (χ4n) is 2.67. The van der Waals surface area contributed by atoms with Crippen molar-refractivity contribution in [3.63, 3.8) is 0 Å². The number of nitro groups is 1. The van der Waals surface area contributed by atoms with Gasteiger partial charge >= 0.3 is 0 Å². The first kappa shape index (κ1) is 20.3. The number of carbonyl (C=O) groups is 1. The van der Waals surface area contributed by atoms with Crippen LogP contribution in [0.1, 0.15) is 11.1 Å². The minimum atomic E-state index is -0.638. The number of aromatic nitrogens is 1. The minimum Gasteiger partial charge on any atom is -0.489 e. The van der Waals surface area contributed by atoms with Gasteiger partial charge < -0.3 is 10.1 Å². The third kappa shape index (κ3) is 5.30. The molecule has 0 saturated carbocycles. The molecule has 0 bridgehead atoms. The van der Waals surface area contributed by atoms with Gasteiger partial charge in [0.15, 0.2) is 0 Å². The summed E-state index contributed by atoms with van der Waals surface area (Å²) in [5.74, 6) is -0.0147. The number of amides is 1. The Bertz CT molecular complexity index is 1200. The van der Waals surface area contributed by atoms with Gasteiger partial charge in [0.1, 0.15) is 18.9 Å². The van der Waals surface area contributed by atoms with Gasteiger partial charge in [-0.3, -0.25) is 24.3 Å². The van der Waals surface area contributed by atoms with Crippen LogP contribution in [-0.4, -0.2) is 15.4 Å². The van der Waals surface area contributed by atoms with E-state index in [2.05, 4.69) is 11.4 Å². The van der Waals surface area contributed by atoms with Crippen LogP contribution in [0.5, 0.6) is 5.75 Å². The first-order valence-corrected chi connectivity index (χ1v) is 8.81. The fourth-order valence-corrected chi connectivity index (χ4v) is 2.67. The van der Waals surface area contributed by atoms with Crippen LogP contribution in [0.3, 0.4) is 0 Å². The third-order valence-electron chi connectivity index (χ3n) is 4.07. The van der Waals surface area contributed by atoms with E-state index in [4.69, 9.17) is 10.00 Å². The fraction of sp³-hybridized carbons (Fsp3) is 0.0952. The molecule has 1 amide bonds. The first-order chi connectivity index (χ1) is 14.4. The Morgan fingerprint density at radius 3 is 2.73 bits per heavy atom. The summed E-state index contributed by atoms with van der Waals surface area (Å²) in [4.78, 5) is 34.3. The Kier molecular flexibility index (Phi) is 6.20. The Labute approximate surface area is 170 Å². The lowest BCUT2D eigenvalue weighted by Gasteiger charge is -2.10. The summed E-state index contributed by atoms with van der Waals surface area (Å²) in [6.45, 7) is -0.122. The quantitative estimate of drug-likeness (QED) is 0.476. The molecule has 0 radical (unpaired) electrons. The van der Waals surface area contributed by atoms with Gasteiger partial charge in [0.2, 0.25) is 5.91 Å². The standard InChI is InChI=1S/C21H16N4O5/c22-11-15-3-1-4-16(9-15)14-30-19-6-2-5-17(10-19)23-20(26)13-24-12-18(25(28)29)7-8-21(24)27/h1-10,12H,13-14H2,(H,23,26). The van der Waals surface area contributed by atoms with Crippen molar-refractivity contribution in [1.29, 1.82) is 5.26 Å². The van der Waals surface area contributed by atoms with E-state index in [-0.39, 0.29) is 18.8 Å². The van der Waals surface area contributed by atoms with E-state index in [0.717, 1.165) is 28.5 Å². The van der Waals surface area contributed by atoms with Crippen molar-refractivity contribution in [3.8, 4) is 11.8 Å². The Balaban J connectivity index is 1.64. The van der Waals surface area contributed by atoms with Gasteiger partial charge in [-0.2, -0.15) is 5.26 Å². The van der Waals surface area contributed by atoms with Crippen molar-refractivity contribution >= 4 is 17.3 Å². The highest BCUT2D eigenvalue weighted by Crippen LogP contribution is 2.19. The summed E-state index contributed by atoms with van der Waals surface area (Å²) in [7, 11) is 0. The first-order valence-electron chi connectivity index (χ1n) is 8.81. The zero-order valence-corrected chi connectivity index (χ0v) is 15.6. The van der Waals surface area contributed by atoms with E-state index in [1.165, 1.54) is 0 Å². The summed E-state index contributed by atoms with van der Waals surface area (Å²) in [6.07, 6.45) is 1.02. The van der Waals surface area contributed by atoms with Crippen molar-refractivity contribution in [2.24, 2.45) is 0 Å². The van der Waals surface area contributed by atoms with Gasteiger partial charge in [0.25, 0.3) is 11.2 Å². The molecular weight excluding hydrogens is 388 g/mol. The molecule has 0 atom stereocenters. The van der Waals surface area contributed by atoms with Crippen LogP contribution in [0.15, 0.2) is 71.7 Å². The highest BCUT2D eigenvalue weighted by molar-refractivity contribution is 5.90. The van der Waals surface area contributed by atoms with Crippen molar-refractivity contribution < 1.29 is 14.5 Å². The maximum absolute atomic E-state index is 12.3. The highest BCUT2D eigenvalue weighted by atomic mass is 16.6. The zero-order valence-electron chi connectivity index (χ0n) is 15.6. The molecule has 3 aromatic rings. The largest absolute Gasteiger partial charge is 0.489 e. The zero-order chi connectivity index (χ0) is 21.5. The molecule has 0 aliphatic rings. The van der Waals surface area contributed by atoms with E-state index >= 15 is 0 Å². The van der Waals surface area contributed by atoms with Crippen molar-refractivity contribution in [2.75, 3.05) is 5.32 Å². The average molecular weight is 404 g/mol. The highest BCUT2D eigenvalue weighted by Gasteiger charge is 2.11. The number of carbonyl (C=O) groups excluding carboxylic acids is 1. The molecule has 9 heteroatoms. The van der Waals surface area contributed by atoms with Crippen LogP contribution in [0.4, 0.5) is 11.4 Å². The molecule has 1 heterocycles. The maximum atomic E-state index is 12.3. The minimum absolute atomic E-state index is 0.246. The molecule has 1 aromatic heterocycles. The van der Waals surface area contributed by atoms with Crippen LogP contribution in [0, 0.1) is 21.4 Å². The summed E-state index contributed by atoms with van der Waals surface area (Å²) >= 11 is 0. The van der Waals surface area contributed by atoms with Crippen molar-refractivity contribution in [1.82, 2.24) is 4.57 Å². The van der Waals surface area contributed by atoms with Gasteiger partial charge in [-0.15, -0.1) is 0 Å². The van der Waals surface area contributed by atoms with Crippen LogP contribution >= 0.6 is 0 Å². The number of benzene rings is 2. The Hall–Kier alpha value is -4.45. The lowest BCUT2D eigenvalue weighted by molar-refractivity contribution is -0.385. The molecule has 0 fully saturated rings. The second-order valence-electron chi connectivity index (χ2n) is 6.29. The van der Waals surface area contributed by atoms with Crippen molar-refractivity contribution in [2.45, 2.75) is 13.2 Å². The normalized spacial score (nSPS) is 10.1. The number of anilines is 1. The Morgan fingerprint density at radius 2 is 1.97 bits per heavy atom. The van der Waals surface area contributed by atoms with Crippen LogP contribution < -0.4 is 15.6 Å². The van der Waals surface area contributed by atoms with Crippen LogP contribution in [-0.2, 0) is 17.9 Å². The molecule has 1 N–H and O–H groups in total. The molecular formula is C21H16N4O5. The molecule has 150 valence electrons. The molecule has 0 aliphatic carbocycles. The lowest BCUT2D eigenvalue weighted by atomic mass is 10.1. The number of hydrogen-bond donors (Lipinski definition) is 1.